The zero-order chi connectivity index (χ0) is 18.0. The van der Waals surface area contributed by atoms with Crippen LogP contribution >= 0.6 is 0 Å². The molecule has 0 spiro atoms. The van der Waals surface area contributed by atoms with Gasteiger partial charge in [-0.1, -0.05) is 12.1 Å². The van der Waals surface area contributed by atoms with Gasteiger partial charge in [-0.15, -0.1) is 0 Å². The Hall–Kier alpha value is -2.94. The van der Waals surface area contributed by atoms with Crippen LogP contribution in [0.2, 0.25) is 0 Å². The van der Waals surface area contributed by atoms with E-state index in [0.29, 0.717) is 19.3 Å². The molecule has 0 saturated carbocycles. The summed E-state index contributed by atoms with van der Waals surface area (Å²) in [6.07, 6.45) is 1.28. The highest BCUT2D eigenvalue weighted by atomic mass is 16.1. The first kappa shape index (κ1) is 16.9. The van der Waals surface area contributed by atoms with Gasteiger partial charge in [0.05, 0.1) is 18.0 Å². The quantitative estimate of drug-likeness (QED) is 0.777. The van der Waals surface area contributed by atoms with Gasteiger partial charge in [-0.3, -0.25) is 4.79 Å². The van der Waals surface area contributed by atoms with Crippen molar-refractivity contribution in [2.24, 2.45) is 0 Å². The van der Waals surface area contributed by atoms with E-state index >= 15 is 0 Å². The number of carbonyl (C=O) groups excluding carboxylic acids is 1. The van der Waals surface area contributed by atoms with E-state index < -0.39 is 0 Å². The molecule has 3 rings (SSSR count). The lowest BCUT2D eigenvalue weighted by Crippen LogP contribution is -2.32. The first-order valence-corrected chi connectivity index (χ1v) is 8.41. The lowest BCUT2D eigenvalue weighted by atomic mass is 10.1. The van der Waals surface area contributed by atoms with Gasteiger partial charge in [0.25, 0.3) is 0 Å². The van der Waals surface area contributed by atoms with Crippen LogP contribution in [-0.4, -0.2) is 26.5 Å². The zero-order valence-electron chi connectivity index (χ0n) is 14.7. The summed E-state index contributed by atoms with van der Waals surface area (Å²) in [6.45, 7) is 5.82. The predicted molar refractivity (Wildman–Crippen MR) is 96.1 cm³/mol. The van der Waals surface area contributed by atoms with Crippen LogP contribution < -0.4 is 5.32 Å². The Morgan fingerprint density at radius 2 is 2.12 bits per heavy atom. The van der Waals surface area contributed by atoms with Crippen molar-refractivity contribution in [1.29, 1.82) is 5.26 Å². The molecular formula is C19H21N5O. The molecule has 6 heteroatoms. The molecule has 1 amide bonds. The molecule has 2 aromatic heterocycles. The number of carbonyl (C=O) groups is 1. The molecule has 1 atom stereocenters. The number of nitrogens with zero attached hydrogens (tertiary/aromatic N) is 4. The topological polar surface area (TPSA) is 83.1 Å². The van der Waals surface area contributed by atoms with Gasteiger partial charge in [-0.05, 0) is 44.9 Å². The molecule has 0 bridgehead atoms. The van der Waals surface area contributed by atoms with Crippen LogP contribution in [-0.2, 0) is 11.2 Å². The molecule has 0 radical (unpaired) electrons. The van der Waals surface area contributed by atoms with Crippen molar-refractivity contribution in [2.45, 2.75) is 46.1 Å². The number of hydrogen-bond donors (Lipinski definition) is 1. The fourth-order valence-electron chi connectivity index (χ4n) is 3.11. The molecule has 0 aliphatic rings. The van der Waals surface area contributed by atoms with Gasteiger partial charge in [0, 0.05) is 29.2 Å². The first-order valence-electron chi connectivity index (χ1n) is 8.41. The van der Waals surface area contributed by atoms with Gasteiger partial charge in [-0.25, -0.2) is 9.50 Å². The van der Waals surface area contributed by atoms with E-state index in [1.165, 1.54) is 0 Å². The van der Waals surface area contributed by atoms with E-state index in [9.17, 15) is 4.79 Å². The molecule has 0 aliphatic heterocycles. The summed E-state index contributed by atoms with van der Waals surface area (Å²) in [7, 11) is 0. The van der Waals surface area contributed by atoms with Gasteiger partial charge >= 0.3 is 0 Å². The number of aromatic nitrogens is 3. The Bertz CT molecular complexity index is 983. The number of hydrogen-bond acceptors (Lipinski definition) is 4. The second-order valence-corrected chi connectivity index (χ2v) is 6.34. The van der Waals surface area contributed by atoms with Crippen molar-refractivity contribution < 1.29 is 4.79 Å². The number of rotatable bonds is 5. The molecule has 3 aromatic rings. The molecule has 2 heterocycles. The highest BCUT2D eigenvalue weighted by Gasteiger charge is 2.15. The molecular weight excluding hydrogens is 314 g/mol. The van der Waals surface area contributed by atoms with Crippen molar-refractivity contribution in [2.75, 3.05) is 0 Å². The smallest absolute Gasteiger partial charge is 0.220 e. The highest BCUT2D eigenvalue weighted by Crippen LogP contribution is 2.22. The summed E-state index contributed by atoms with van der Waals surface area (Å²) in [5.41, 5.74) is 4.74. The van der Waals surface area contributed by atoms with Crippen LogP contribution in [0, 0.1) is 25.2 Å². The second-order valence-electron chi connectivity index (χ2n) is 6.34. The van der Waals surface area contributed by atoms with Crippen molar-refractivity contribution in [3.63, 3.8) is 0 Å². The average Bonchev–Trinajstić information content (AvgIpc) is 2.94. The number of nitrogens with one attached hydrogen (secondary N) is 1. The Morgan fingerprint density at radius 1 is 1.36 bits per heavy atom. The van der Waals surface area contributed by atoms with Gasteiger partial charge in [0.2, 0.25) is 5.91 Å². The largest absolute Gasteiger partial charge is 0.353 e. The van der Waals surface area contributed by atoms with Crippen molar-refractivity contribution in [3.05, 3.63) is 41.2 Å². The number of benzene rings is 1. The Labute approximate surface area is 146 Å². The summed E-state index contributed by atoms with van der Waals surface area (Å²) in [6, 6.07) is 9.88. The average molecular weight is 335 g/mol. The molecule has 0 unspecified atom stereocenters. The van der Waals surface area contributed by atoms with Crippen molar-refractivity contribution in [3.8, 4) is 6.07 Å². The fourth-order valence-corrected chi connectivity index (χ4v) is 3.11. The molecule has 1 aromatic carbocycles. The number of aryl methyl sites for hydroxylation is 2. The summed E-state index contributed by atoms with van der Waals surface area (Å²) in [5, 5.41) is 17.2. The fraction of sp³-hybridized carbons (Fsp3) is 0.368. The summed E-state index contributed by atoms with van der Waals surface area (Å²) >= 11 is 0. The summed E-state index contributed by atoms with van der Waals surface area (Å²) in [5.74, 6) is -0.0488. The van der Waals surface area contributed by atoms with Crippen LogP contribution in [0.4, 0.5) is 0 Å². The standard InChI is InChI=1S/C19H21N5O/c1-12(10-11-20)21-18(25)9-8-15-13(2)22-19-16-6-4-5-7-17(16)23-24(19)14(15)3/h4-7,12H,8-10H2,1-3H3,(H,21,25)/t12-/m0/s1. The van der Waals surface area contributed by atoms with E-state index in [-0.39, 0.29) is 11.9 Å². The number of nitriles is 1. The maximum Gasteiger partial charge on any atom is 0.220 e. The Balaban J connectivity index is 1.86. The van der Waals surface area contributed by atoms with Crippen LogP contribution in [0.3, 0.4) is 0 Å². The first-order chi connectivity index (χ1) is 12.0. The molecule has 128 valence electrons. The molecule has 0 aliphatic carbocycles. The summed E-state index contributed by atoms with van der Waals surface area (Å²) < 4.78 is 1.86. The third-order valence-electron chi connectivity index (χ3n) is 4.43. The number of fused-ring (bicyclic) bond motifs is 3. The molecule has 6 nitrogen and oxygen atoms in total. The van der Waals surface area contributed by atoms with E-state index in [2.05, 4.69) is 16.5 Å². The van der Waals surface area contributed by atoms with Crippen LogP contribution in [0.25, 0.3) is 16.6 Å². The normalized spacial score (nSPS) is 12.2. The third kappa shape index (κ3) is 3.31. The second kappa shape index (κ2) is 6.89. The SMILES string of the molecule is Cc1nc2c3ccccc3nn2c(C)c1CCC(=O)N[C@@H](C)CC#N. The Kier molecular flexibility index (Phi) is 4.66. The van der Waals surface area contributed by atoms with Crippen molar-refractivity contribution in [1.82, 2.24) is 19.9 Å². The molecule has 0 fully saturated rings. The minimum atomic E-state index is -0.128. The van der Waals surface area contributed by atoms with E-state index in [1.807, 2.05) is 49.6 Å². The molecule has 0 saturated heterocycles. The van der Waals surface area contributed by atoms with Crippen LogP contribution in [0.5, 0.6) is 0 Å². The van der Waals surface area contributed by atoms with E-state index in [4.69, 9.17) is 10.2 Å². The lowest BCUT2D eigenvalue weighted by molar-refractivity contribution is -0.121. The van der Waals surface area contributed by atoms with Gasteiger partial charge in [0.15, 0.2) is 5.65 Å². The maximum absolute atomic E-state index is 12.1. The van der Waals surface area contributed by atoms with E-state index in [1.54, 1.807) is 0 Å². The number of amides is 1. The predicted octanol–water partition coefficient (Wildman–Crippen LogP) is 2.85. The Morgan fingerprint density at radius 3 is 2.88 bits per heavy atom. The zero-order valence-corrected chi connectivity index (χ0v) is 14.7. The van der Waals surface area contributed by atoms with Gasteiger partial charge in [-0.2, -0.15) is 10.4 Å². The van der Waals surface area contributed by atoms with Gasteiger partial charge in [0.1, 0.15) is 0 Å². The minimum absolute atomic E-state index is 0.0488. The van der Waals surface area contributed by atoms with Gasteiger partial charge < -0.3 is 5.32 Å². The molecule has 1 N–H and O–H groups in total. The lowest BCUT2D eigenvalue weighted by Gasteiger charge is -2.13. The van der Waals surface area contributed by atoms with Crippen LogP contribution in [0.1, 0.15) is 36.7 Å². The summed E-state index contributed by atoms with van der Waals surface area (Å²) in [4.78, 5) is 16.8. The van der Waals surface area contributed by atoms with Crippen LogP contribution in [0.15, 0.2) is 24.3 Å². The monoisotopic (exact) mass is 335 g/mol. The third-order valence-corrected chi connectivity index (χ3v) is 4.43. The highest BCUT2D eigenvalue weighted by molar-refractivity contribution is 5.92. The maximum atomic E-state index is 12.1. The van der Waals surface area contributed by atoms with Crippen molar-refractivity contribution >= 4 is 22.5 Å². The molecule has 25 heavy (non-hydrogen) atoms. The minimum Gasteiger partial charge on any atom is -0.353 e. The van der Waals surface area contributed by atoms with E-state index in [0.717, 1.165) is 33.5 Å².